The minimum Gasteiger partial charge on any atom is -0.372 e. The first-order valence-corrected chi connectivity index (χ1v) is 3.67. The molecule has 0 spiro atoms. The lowest BCUT2D eigenvalue weighted by atomic mass is 10.4. The number of alkyl halides is 3. The number of aromatic nitrogens is 2. The van der Waals surface area contributed by atoms with Crippen LogP contribution >= 0.6 is 0 Å². The molecular weight excluding hydrogens is 205 g/mol. The zero-order valence-corrected chi connectivity index (χ0v) is 6.93. The molecule has 0 unspecified atom stereocenters. The van der Waals surface area contributed by atoms with Crippen molar-refractivity contribution in [1.82, 2.24) is 10.1 Å². The molecule has 5 nitrogen and oxygen atoms in total. The zero-order chi connectivity index (χ0) is 10.6. The van der Waals surface area contributed by atoms with Crippen molar-refractivity contribution in [1.29, 1.82) is 0 Å². The fourth-order valence-electron chi connectivity index (χ4n) is 0.725. The third-order valence-corrected chi connectivity index (χ3v) is 1.23. The van der Waals surface area contributed by atoms with Gasteiger partial charge in [-0.3, -0.25) is 9.51 Å². The number of aromatic amines is 1. The van der Waals surface area contributed by atoms with Gasteiger partial charge in [0.15, 0.2) is 5.82 Å². The van der Waals surface area contributed by atoms with Crippen molar-refractivity contribution >= 4 is 0 Å². The normalized spacial score (nSPS) is 11.9. The number of H-pyrrole nitrogens is 1. The van der Waals surface area contributed by atoms with E-state index in [4.69, 9.17) is 0 Å². The third-order valence-electron chi connectivity index (χ3n) is 1.23. The Morgan fingerprint density at radius 2 is 2.21 bits per heavy atom. The molecule has 0 fully saturated rings. The molecule has 0 aliphatic carbocycles. The van der Waals surface area contributed by atoms with Crippen LogP contribution in [0.25, 0.3) is 0 Å². The topological polar surface area (TPSA) is 68.1 Å². The molecule has 1 N–H and O–H groups in total. The van der Waals surface area contributed by atoms with E-state index in [2.05, 4.69) is 19.4 Å². The SMILES string of the molecule is O=c1[nH]c(CCOCC(F)(F)F)no1. The largest absolute Gasteiger partial charge is 0.438 e. The molecule has 1 aromatic rings. The van der Waals surface area contributed by atoms with Gasteiger partial charge >= 0.3 is 11.9 Å². The highest BCUT2D eigenvalue weighted by Gasteiger charge is 2.27. The van der Waals surface area contributed by atoms with Gasteiger partial charge in [-0.25, -0.2) is 4.79 Å². The van der Waals surface area contributed by atoms with Gasteiger partial charge in [-0.15, -0.1) is 0 Å². The summed E-state index contributed by atoms with van der Waals surface area (Å²) >= 11 is 0. The lowest BCUT2D eigenvalue weighted by Crippen LogP contribution is -2.18. The molecule has 0 atom stereocenters. The molecule has 0 aliphatic heterocycles. The number of nitrogens with zero attached hydrogens (tertiary/aromatic N) is 1. The summed E-state index contributed by atoms with van der Waals surface area (Å²) in [5.74, 6) is -0.576. The Bertz CT molecular complexity index is 330. The number of hydrogen-bond acceptors (Lipinski definition) is 4. The average Bonchev–Trinajstić information content (AvgIpc) is 2.44. The van der Waals surface area contributed by atoms with E-state index >= 15 is 0 Å². The van der Waals surface area contributed by atoms with E-state index in [9.17, 15) is 18.0 Å². The molecule has 0 saturated carbocycles. The summed E-state index contributed by atoms with van der Waals surface area (Å²) in [7, 11) is 0. The Hall–Kier alpha value is -1.31. The monoisotopic (exact) mass is 212 g/mol. The number of nitrogens with one attached hydrogen (secondary N) is 1. The van der Waals surface area contributed by atoms with Crippen molar-refractivity contribution in [2.24, 2.45) is 0 Å². The van der Waals surface area contributed by atoms with E-state index in [0.717, 1.165) is 0 Å². The fraction of sp³-hybridized carbons (Fsp3) is 0.667. The van der Waals surface area contributed by atoms with E-state index in [1.807, 2.05) is 0 Å². The van der Waals surface area contributed by atoms with E-state index in [1.54, 1.807) is 0 Å². The van der Waals surface area contributed by atoms with Crippen molar-refractivity contribution in [2.45, 2.75) is 12.6 Å². The van der Waals surface area contributed by atoms with Gasteiger partial charge in [0.1, 0.15) is 6.61 Å². The van der Waals surface area contributed by atoms with Crippen LogP contribution in [-0.2, 0) is 11.2 Å². The molecule has 0 amide bonds. The predicted molar refractivity (Wildman–Crippen MR) is 37.7 cm³/mol. The molecular formula is C6H7F3N2O3. The quantitative estimate of drug-likeness (QED) is 0.737. The van der Waals surface area contributed by atoms with Crippen molar-refractivity contribution in [2.75, 3.05) is 13.2 Å². The summed E-state index contributed by atoms with van der Waals surface area (Å²) in [6.07, 6.45) is -4.26. The fourth-order valence-corrected chi connectivity index (χ4v) is 0.725. The van der Waals surface area contributed by atoms with Crippen molar-refractivity contribution in [3.63, 3.8) is 0 Å². The minimum absolute atomic E-state index is 0.0712. The van der Waals surface area contributed by atoms with Gasteiger partial charge in [0.25, 0.3) is 0 Å². The van der Waals surface area contributed by atoms with E-state index in [0.29, 0.717) is 0 Å². The van der Waals surface area contributed by atoms with Crippen LogP contribution in [0.5, 0.6) is 0 Å². The lowest BCUT2D eigenvalue weighted by Gasteiger charge is -2.05. The van der Waals surface area contributed by atoms with Crippen molar-refractivity contribution in [3.8, 4) is 0 Å². The van der Waals surface area contributed by atoms with Gasteiger partial charge in [-0.2, -0.15) is 13.2 Å². The van der Waals surface area contributed by atoms with Crippen molar-refractivity contribution in [3.05, 3.63) is 16.4 Å². The maximum Gasteiger partial charge on any atom is 0.438 e. The summed E-state index contributed by atoms with van der Waals surface area (Å²) < 4.78 is 43.1. The Morgan fingerprint density at radius 3 is 2.71 bits per heavy atom. The highest BCUT2D eigenvalue weighted by atomic mass is 19.4. The Kier molecular flexibility index (Phi) is 3.28. The van der Waals surface area contributed by atoms with Gasteiger partial charge in [0.2, 0.25) is 0 Å². The number of hydrogen-bond donors (Lipinski definition) is 1. The molecule has 1 aromatic heterocycles. The van der Waals surface area contributed by atoms with E-state index in [1.165, 1.54) is 0 Å². The standard InChI is InChI=1S/C6H7F3N2O3/c7-6(8,9)3-13-2-1-4-10-5(12)14-11-4/h1-3H2,(H,10,11,12). The van der Waals surface area contributed by atoms with Crippen LogP contribution < -0.4 is 5.76 Å². The summed E-state index contributed by atoms with van der Waals surface area (Å²) in [4.78, 5) is 12.6. The van der Waals surface area contributed by atoms with E-state index in [-0.39, 0.29) is 18.9 Å². The van der Waals surface area contributed by atoms with Gasteiger partial charge in [0, 0.05) is 6.42 Å². The predicted octanol–water partition coefficient (Wildman–Crippen LogP) is 0.484. The number of halogens is 3. The molecule has 0 bridgehead atoms. The molecule has 80 valence electrons. The average molecular weight is 212 g/mol. The Morgan fingerprint density at radius 1 is 1.50 bits per heavy atom. The Labute approximate surface area is 75.8 Å². The number of rotatable bonds is 4. The molecule has 0 aromatic carbocycles. The summed E-state index contributed by atoms with van der Waals surface area (Å²) in [6, 6.07) is 0. The van der Waals surface area contributed by atoms with Crippen LogP contribution in [0.1, 0.15) is 5.82 Å². The van der Waals surface area contributed by atoms with Crippen LogP contribution in [0.4, 0.5) is 13.2 Å². The maximum atomic E-state index is 11.6. The van der Waals surface area contributed by atoms with Crippen LogP contribution in [0.15, 0.2) is 9.32 Å². The van der Waals surface area contributed by atoms with Crippen LogP contribution in [0.3, 0.4) is 0 Å². The first-order valence-electron chi connectivity index (χ1n) is 3.67. The summed E-state index contributed by atoms with van der Waals surface area (Å²) in [5, 5.41) is 3.25. The lowest BCUT2D eigenvalue weighted by molar-refractivity contribution is -0.173. The van der Waals surface area contributed by atoms with Gasteiger partial charge in [-0.05, 0) is 0 Å². The van der Waals surface area contributed by atoms with Gasteiger partial charge < -0.3 is 4.74 Å². The highest BCUT2D eigenvalue weighted by molar-refractivity contribution is 4.77. The summed E-state index contributed by atoms with van der Waals surface area (Å²) in [5.41, 5.74) is 0. The number of ether oxygens (including phenoxy) is 1. The smallest absolute Gasteiger partial charge is 0.372 e. The molecule has 8 heteroatoms. The Balaban J connectivity index is 2.19. The van der Waals surface area contributed by atoms with Gasteiger partial charge in [-0.1, -0.05) is 5.16 Å². The molecule has 0 saturated heterocycles. The second kappa shape index (κ2) is 4.27. The first-order chi connectivity index (χ1) is 6.47. The van der Waals surface area contributed by atoms with Crippen molar-refractivity contribution < 1.29 is 22.4 Å². The molecule has 0 aliphatic rings. The third kappa shape index (κ3) is 4.08. The highest BCUT2D eigenvalue weighted by Crippen LogP contribution is 2.14. The summed E-state index contributed by atoms with van der Waals surface area (Å²) in [6.45, 7) is -1.49. The minimum atomic E-state index is -4.34. The first kappa shape index (κ1) is 10.8. The van der Waals surface area contributed by atoms with Crippen LogP contribution in [0.2, 0.25) is 0 Å². The van der Waals surface area contributed by atoms with Crippen LogP contribution in [-0.4, -0.2) is 29.5 Å². The molecule has 0 radical (unpaired) electrons. The second-order valence-corrected chi connectivity index (χ2v) is 2.46. The van der Waals surface area contributed by atoms with Gasteiger partial charge in [0.05, 0.1) is 6.61 Å². The molecule has 1 rings (SSSR count). The molecule has 14 heavy (non-hydrogen) atoms. The van der Waals surface area contributed by atoms with E-state index < -0.39 is 18.5 Å². The molecule has 1 heterocycles. The van der Waals surface area contributed by atoms with Crippen LogP contribution in [0, 0.1) is 0 Å². The second-order valence-electron chi connectivity index (χ2n) is 2.46. The zero-order valence-electron chi connectivity index (χ0n) is 6.93. The maximum absolute atomic E-state index is 11.6.